The molecule has 0 aliphatic carbocycles. The average Bonchev–Trinajstić information content (AvgIpc) is 2.99. The van der Waals surface area contributed by atoms with Crippen LogP contribution in [0.3, 0.4) is 0 Å². The van der Waals surface area contributed by atoms with Crippen LogP contribution in [0.4, 0.5) is 28.4 Å². The second-order valence-corrected chi connectivity index (χ2v) is 9.43. The molecule has 4 aromatic rings. The Balaban J connectivity index is 1.61. The van der Waals surface area contributed by atoms with Crippen LogP contribution in [0.25, 0.3) is 12.2 Å². The number of hydrogen-bond donors (Lipinski definition) is 0. The number of anilines is 5. The van der Waals surface area contributed by atoms with Gasteiger partial charge in [0.25, 0.3) is 0 Å². The zero-order chi connectivity index (χ0) is 27.5. The van der Waals surface area contributed by atoms with Crippen LogP contribution in [-0.2, 0) is 0 Å². The zero-order valence-corrected chi connectivity index (χ0v) is 23.8. The average molecular weight is 516 g/mol. The Hall–Kier alpha value is -4.24. The maximum absolute atomic E-state index is 2.38. The highest BCUT2D eigenvalue weighted by atomic mass is 15.2. The van der Waals surface area contributed by atoms with Gasteiger partial charge in [0, 0.05) is 54.6 Å². The van der Waals surface area contributed by atoms with Gasteiger partial charge in [0.05, 0.1) is 0 Å². The van der Waals surface area contributed by atoms with Gasteiger partial charge in [-0.05, 0) is 99.5 Å². The van der Waals surface area contributed by atoms with Crippen molar-refractivity contribution in [3.63, 3.8) is 0 Å². The molecule has 0 saturated carbocycles. The highest BCUT2D eigenvalue weighted by molar-refractivity contribution is 5.79. The van der Waals surface area contributed by atoms with Gasteiger partial charge in [-0.15, -0.1) is 0 Å². The second-order valence-electron chi connectivity index (χ2n) is 9.43. The summed E-state index contributed by atoms with van der Waals surface area (Å²) in [5.41, 5.74) is 8.32. The number of allylic oxidation sites excluding steroid dienone is 2. The molecule has 0 atom stereocenters. The van der Waals surface area contributed by atoms with Crippen molar-refractivity contribution < 1.29 is 0 Å². The first-order valence-electron chi connectivity index (χ1n) is 14.2. The molecule has 0 fully saturated rings. The predicted octanol–water partition coefficient (Wildman–Crippen LogP) is 9.58. The Morgan fingerprint density at radius 2 is 0.744 bits per heavy atom. The molecule has 4 aromatic carbocycles. The van der Waals surface area contributed by atoms with Crippen LogP contribution < -0.4 is 14.7 Å². The fraction of sp³-hybridized carbons (Fsp3) is 0.222. The summed E-state index contributed by atoms with van der Waals surface area (Å²) in [6.45, 7) is 12.8. The molecule has 200 valence electrons. The number of rotatable bonds is 12. The summed E-state index contributed by atoms with van der Waals surface area (Å²) < 4.78 is 0. The Morgan fingerprint density at radius 1 is 0.410 bits per heavy atom. The van der Waals surface area contributed by atoms with E-state index in [0.717, 1.165) is 43.2 Å². The van der Waals surface area contributed by atoms with Gasteiger partial charge in [-0.1, -0.05) is 66.8 Å². The van der Waals surface area contributed by atoms with Crippen molar-refractivity contribution in [3.8, 4) is 0 Å². The molecule has 0 amide bonds. The van der Waals surface area contributed by atoms with Crippen LogP contribution in [-0.4, -0.2) is 26.2 Å². The minimum Gasteiger partial charge on any atom is -0.372 e. The topological polar surface area (TPSA) is 9.72 Å². The van der Waals surface area contributed by atoms with Crippen molar-refractivity contribution in [2.24, 2.45) is 0 Å². The van der Waals surface area contributed by atoms with Crippen LogP contribution in [0.2, 0.25) is 0 Å². The molecule has 0 heterocycles. The summed E-state index contributed by atoms with van der Waals surface area (Å²) >= 11 is 0. The van der Waals surface area contributed by atoms with Gasteiger partial charge in [0.1, 0.15) is 0 Å². The van der Waals surface area contributed by atoms with Crippen molar-refractivity contribution in [2.45, 2.75) is 27.7 Å². The molecule has 0 bridgehead atoms. The molecule has 3 heteroatoms. The SMILES string of the molecule is CCN(CC)c1ccc(N(c2ccc(/C=C/C=C/c3ccccc3)cc2)c2ccc(N(CC)CC)cc2)cc1. The molecular weight excluding hydrogens is 474 g/mol. The van der Waals surface area contributed by atoms with Gasteiger partial charge in [-0.2, -0.15) is 0 Å². The Kier molecular flexibility index (Phi) is 10.0. The van der Waals surface area contributed by atoms with E-state index < -0.39 is 0 Å². The van der Waals surface area contributed by atoms with Crippen molar-refractivity contribution >= 4 is 40.6 Å². The normalized spacial score (nSPS) is 11.3. The molecule has 0 aromatic heterocycles. The molecule has 39 heavy (non-hydrogen) atoms. The highest BCUT2D eigenvalue weighted by Crippen LogP contribution is 2.36. The Morgan fingerprint density at radius 3 is 1.13 bits per heavy atom. The quantitative estimate of drug-likeness (QED) is 0.174. The largest absolute Gasteiger partial charge is 0.372 e. The van der Waals surface area contributed by atoms with E-state index in [0.29, 0.717) is 0 Å². The van der Waals surface area contributed by atoms with Gasteiger partial charge in [-0.25, -0.2) is 0 Å². The summed E-state index contributed by atoms with van der Waals surface area (Å²) in [6.07, 6.45) is 8.45. The number of hydrogen-bond acceptors (Lipinski definition) is 3. The summed E-state index contributed by atoms with van der Waals surface area (Å²) in [5, 5.41) is 0. The van der Waals surface area contributed by atoms with Gasteiger partial charge in [-0.3, -0.25) is 0 Å². The molecule has 0 N–H and O–H groups in total. The van der Waals surface area contributed by atoms with E-state index >= 15 is 0 Å². The lowest BCUT2D eigenvalue weighted by Crippen LogP contribution is -2.22. The highest BCUT2D eigenvalue weighted by Gasteiger charge is 2.14. The van der Waals surface area contributed by atoms with E-state index in [2.05, 4.69) is 164 Å². The van der Waals surface area contributed by atoms with Crippen LogP contribution in [0, 0.1) is 0 Å². The maximum atomic E-state index is 2.38. The Labute approximate surface area is 235 Å². The summed E-state index contributed by atoms with van der Waals surface area (Å²) in [6, 6.07) is 37.0. The first-order valence-corrected chi connectivity index (χ1v) is 14.2. The molecule has 0 saturated heterocycles. The van der Waals surface area contributed by atoms with Crippen molar-refractivity contribution in [1.82, 2.24) is 0 Å². The van der Waals surface area contributed by atoms with Crippen molar-refractivity contribution in [3.05, 3.63) is 126 Å². The maximum Gasteiger partial charge on any atom is 0.0463 e. The summed E-state index contributed by atoms with van der Waals surface area (Å²) in [5.74, 6) is 0. The van der Waals surface area contributed by atoms with E-state index in [1.807, 2.05) is 6.07 Å². The predicted molar refractivity (Wildman–Crippen MR) is 173 cm³/mol. The second kappa shape index (κ2) is 14.1. The minimum atomic E-state index is 1.00. The first kappa shape index (κ1) is 27.8. The third-order valence-corrected chi connectivity index (χ3v) is 7.11. The standard InChI is InChI=1S/C36H41N3/c1-5-37(6-2)32-22-26-35(27-23-32)39(36-28-24-33(25-29-36)38(7-3)8-4)34-20-18-31(19-21-34)17-13-12-16-30-14-10-9-11-15-30/h9-29H,5-8H2,1-4H3/b16-12+,17-13+. The summed E-state index contributed by atoms with van der Waals surface area (Å²) in [7, 11) is 0. The molecule has 0 radical (unpaired) electrons. The lowest BCUT2D eigenvalue weighted by Gasteiger charge is -2.28. The number of nitrogens with zero attached hydrogens (tertiary/aromatic N) is 3. The van der Waals surface area contributed by atoms with Crippen LogP contribution in [0.1, 0.15) is 38.8 Å². The molecule has 0 unspecified atom stereocenters. The van der Waals surface area contributed by atoms with Gasteiger partial charge >= 0.3 is 0 Å². The Bertz CT molecular complexity index is 1260. The van der Waals surface area contributed by atoms with Crippen LogP contribution in [0.5, 0.6) is 0 Å². The van der Waals surface area contributed by atoms with E-state index in [1.165, 1.54) is 22.5 Å². The molecule has 0 aliphatic heterocycles. The minimum absolute atomic E-state index is 1.00. The fourth-order valence-electron chi connectivity index (χ4n) is 4.88. The smallest absolute Gasteiger partial charge is 0.0463 e. The third kappa shape index (κ3) is 7.20. The molecular formula is C36H41N3. The van der Waals surface area contributed by atoms with E-state index in [4.69, 9.17) is 0 Å². The first-order chi connectivity index (χ1) is 19.2. The van der Waals surface area contributed by atoms with E-state index in [9.17, 15) is 0 Å². The van der Waals surface area contributed by atoms with Crippen LogP contribution in [0.15, 0.2) is 115 Å². The molecule has 0 spiro atoms. The third-order valence-electron chi connectivity index (χ3n) is 7.11. The monoisotopic (exact) mass is 515 g/mol. The zero-order valence-electron chi connectivity index (χ0n) is 23.8. The van der Waals surface area contributed by atoms with Crippen molar-refractivity contribution in [2.75, 3.05) is 40.9 Å². The number of benzene rings is 4. The molecule has 0 aliphatic rings. The van der Waals surface area contributed by atoms with E-state index in [-0.39, 0.29) is 0 Å². The van der Waals surface area contributed by atoms with Gasteiger partial charge in [0.15, 0.2) is 0 Å². The molecule has 4 rings (SSSR count). The van der Waals surface area contributed by atoms with Crippen LogP contribution >= 0.6 is 0 Å². The van der Waals surface area contributed by atoms with Gasteiger partial charge in [0.2, 0.25) is 0 Å². The van der Waals surface area contributed by atoms with E-state index in [1.54, 1.807) is 0 Å². The fourth-order valence-corrected chi connectivity index (χ4v) is 4.88. The van der Waals surface area contributed by atoms with Gasteiger partial charge < -0.3 is 14.7 Å². The molecule has 3 nitrogen and oxygen atoms in total. The van der Waals surface area contributed by atoms with Crippen molar-refractivity contribution in [1.29, 1.82) is 0 Å². The summed E-state index contributed by atoms with van der Waals surface area (Å²) in [4.78, 5) is 7.08. The lowest BCUT2D eigenvalue weighted by molar-refractivity contribution is 0.866. The lowest BCUT2D eigenvalue weighted by atomic mass is 10.1.